The predicted octanol–water partition coefficient (Wildman–Crippen LogP) is 6.77. The summed E-state index contributed by atoms with van der Waals surface area (Å²) in [6.45, 7) is 7.57. The van der Waals surface area contributed by atoms with Crippen LogP contribution in [0.25, 0.3) is 0 Å². The molecule has 0 saturated heterocycles. The third-order valence-electron chi connectivity index (χ3n) is 5.72. The summed E-state index contributed by atoms with van der Waals surface area (Å²) in [6.07, 6.45) is 15.7. The first-order valence-electron chi connectivity index (χ1n) is 12.3. The average molecular weight is 439 g/mol. The Morgan fingerprint density at radius 3 is 1.58 bits per heavy atom. The van der Waals surface area contributed by atoms with E-state index in [0.717, 1.165) is 25.9 Å². The van der Waals surface area contributed by atoms with Gasteiger partial charge in [0.05, 0.1) is 0 Å². The van der Waals surface area contributed by atoms with Gasteiger partial charge in [-0.1, -0.05) is 125 Å². The number of hydrogen-bond acceptors (Lipinski definition) is 2. The van der Waals surface area contributed by atoms with Crippen LogP contribution in [0.1, 0.15) is 77.6 Å². The molecule has 31 heavy (non-hydrogen) atoms. The molecule has 0 heterocycles. The molecule has 0 aliphatic carbocycles. The van der Waals surface area contributed by atoms with Crippen LogP contribution >= 0.6 is 0 Å². The minimum absolute atomic E-state index is 0.694. The first-order chi connectivity index (χ1) is 15.3. The highest BCUT2D eigenvalue weighted by atomic mass is 28.4. The normalized spacial score (nSPS) is 11.5. The van der Waals surface area contributed by atoms with Gasteiger partial charge >= 0.3 is 8.56 Å². The van der Waals surface area contributed by atoms with E-state index in [1.165, 1.54) is 61.7 Å². The molecule has 2 aromatic rings. The Hall–Kier alpha value is -1.68. The molecule has 0 aliphatic heterocycles. The van der Waals surface area contributed by atoms with Gasteiger partial charge in [-0.2, -0.15) is 0 Å². The van der Waals surface area contributed by atoms with E-state index in [2.05, 4.69) is 74.2 Å². The third-order valence-corrected chi connectivity index (χ3v) is 9.13. The first kappa shape index (κ1) is 25.6. The molecule has 0 aromatic heterocycles. The zero-order valence-corrected chi connectivity index (χ0v) is 20.6. The molecule has 2 nitrogen and oxygen atoms in total. The zero-order valence-electron chi connectivity index (χ0n) is 19.6. The quantitative estimate of drug-likeness (QED) is 0.145. The van der Waals surface area contributed by atoms with Crippen LogP contribution in [0.2, 0.25) is 0 Å². The summed E-state index contributed by atoms with van der Waals surface area (Å²) in [5, 5.41) is 2.38. The molecule has 170 valence electrons. The number of hydrogen-bond donors (Lipinski definition) is 0. The molecule has 0 amide bonds. The average Bonchev–Trinajstić information content (AvgIpc) is 2.83. The van der Waals surface area contributed by atoms with Gasteiger partial charge < -0.3 is 8.85 Å². The largest absolute Gasteiger partial charge is 0.407 e. The molecular weight excluding hydrogens is 396 g/mol. The molecule has 2 aromatic carbocycles. The van der Waals surface area contributed by atoms with Crippen LogP contribution in [0.5, 0.6) is 0 Å². The Labute approximate surface area is 191 Å². The highest BCUT2D eigenvalue weighted by Gasteiger charge is 2.42. The Morgan fingerprint density at radius 2 is 1.10 bits per heavy atom. The Morgan fingerprint density at radius 1 is 0.645 bits per heavy atom. The lowest BCUT2D eigenvalue weighted by Crippen LogP contribution is -2.63. The van der Waals surface area contributed by atoms with Gasteiger partial charge in [0, 0.05) is 13.2 Å². The van der Waals surface area contributed by atoms with Crippen molar-refractivity contribution in [1.29, 1.82) is 0 Å². The van der Waals surface area contributed by atoms with E-state index in [1.54, 1.807) is 0 Å². The maximum absolute atomic E-state index is 6.73. The van der Waals surface area contributed by atoms with Gasteiger partial charge in [-0.15, -0.1) is 6.58 Å². The molecular formula is C28H42O2Si. The fourth-order valence-electron chi connectivity index (χ4n) is 3.93. The van der Waals surface area contributed by atoms with E-state index in [1.807, 2.05) is 6.08 Å². The highest BCUT2D eigenvalue weighted by Crippen LogP contribution is 2.14. The molecule has 0 spiro atoms. The molecule has 0 radical (unpaired) electrons. The molecule has 0 unspecified atom stereocenters. The van der Waals surface area contributed by atoms with Crippen molar-refractivity contribution in [2.45, 2.75) is 77.6 Å². The lowest BCUT2D eigenvalue weighted by molar-refractivity contribution is 0.186. The number of benzene rings is 2. The lowest BCUT2D eigenvalue weighted by Gasteiger charge is -2.31. The van der Waals surface area contributed by atoms with Crippen molar-refractivity contribution < 1.29 is 8.85 Å². The van der Waals surface area contributed by atoms with Gasteiger partial charge in [-0.3, -0.25) is 0 Å². The fourth-order valence-corrected chi connectivity index (χ4v) is 7.14. The summed E-state index contributed by atoms with van der Waals surface area (Å²) in [4.78, 5) is 0. The Bertz CT molecular complexity index is 647. The number of allylic oxidation sites excluding steroid dienone is 1. The van der Waals surface area contributed by atoms with Crippen LogP contribution in [0.4, 0.5) is 0 Å². The van der Waals surface area contributed by atoms with E-state index in [-0.39, 0.29) is 0 Å². The van der Waals surface area contributed by atoms with Crippen molar-refractivity contribution in [2.75, 3.05) is 13.2 Å². The number of unbranched alkanes of at least 4 members (excludes halogenated alkanes) is 9. The second kappa shape index (κ2) is 16.0. The second-order valence-electron chi connectivity index (χ2n) is 8.30. The van der Waals surface area contributed by atoms with Crippen molar-refractivity contribution in [3.8, 4) is 0 Å². The van der Waals surface area contributed by atoms with Crippen molar-refractivity contribution >= 4 is 18.9 Å². The Kier molecular flexibility index (Phi) is 13.2. The minimum Gasteiger partial charge on any atom is -0.388 e. The standard InChI is InChI=1S/C28H42O2Si/c1-3-5-7-8-9-10-11-12-20-26-30-31(29-25-19-6-4-2,27-21-15-13-16-22-27)28-23-17-14-18-24-28/h4,13-18,21-24H,2-3,5-12,19-20,25-26H2,1H3. The molecule has 0 saturated carbocycles. The zero-order chi connectivity index (χ0) is 22.0. The summed E-state index contributed by atoms with van der Waals surface area (Å²) in [7, 11) is -2.72. The van der Waals surface area contributed by atoms with Crippen molar-refractivity contribution in [2.24, 2.45) is 0 Å². The summed E-state index contributed by atoms with van der Waals surface area (Å²) in [5.41, 5.74) is 0. The van der Waals surface area contributed by atoms with Gasteiger partial charge in [0.2, 0.25) is 0 Å². The van der Waals surface area contributed by atoms with E-state index in [0.29, 0.717) is 6.61 Å². The molecule has 2 rings (SSSR count). The van der Waals surface area contributed by atoms with Gasteiger partial charge in [-0.25, -0.2) is 0 Å². The second-order valence-corrected chi connectivity index (χ2v) is 11.3. The smallest absolute Gasteiger partial charge is 0.388 e. The number of rotatable bonds is 18. The highest BCUT2D eigenvalue weighted by molar-refractivity contribution is 6.92. The van der Waals surface area contributed by atoms with Crippen LogP contribution in [0.15, 0.2) is 73.3 Å². The summed E-state index contributed by atoms with van der Waals surface area (Å²) >= 11 is 0. The maximum Gasteiger partial charge on any atom is 0.407 e. The van der Waals surface area contributed by atoms with E-state index in [4.69, 9.17) is 8.85 Å². The lowest BCUT2D eigenvalue weighted by atomic mass is 10.1. The fraction of sp³-hybridized carbons (Fsp3) is 0.500. The van der Waals surface area contributed by atoms with Gasteiger partial charge in [0.25, 0.3) is 0 Å². The van der Waals surface area contributed by atoms with E-state index in [9.17, 15) is 0 Å². The van der Waals surface area contributed by atoms with Gasteiger partial charge in [0.1, 0.15) is 0 Å². The summed E-state index contributed by atoms with van der Waals surface area (Å²) < 4.78 is 13.4. The third kappa shape index (κ3) is 9.14. The van der Waals surface area contributed by atoms with Crippen LogP contribution in [-0.4, -0.2) is 21.8 Å². The van der Waals surface area contributed by atoms with Crippen molar-refractivity contribution in [1.82, 2.24) is 0 Å². The van der Waals surface area contributed by atoms with Crippen molar-refractivity contribution in [3.63, 3.8) is 0 Å². The van der Waals surface area contributed by atoms with E-state index >= 15 is 0 Å². The topological polar surface area (TPSA) is 18.5 Å². The van der Waals surface area contributed by atoms with Crippen LogP contribution in [0, 0.1) is 0 Å². The SMILES string of the molecule is C=CCCCO[Si](OCCCCCCCCCCC)(c1ccccc1)c1ccccc1. The summed E-state index contributed by atoms with van der Waals surface area (Å²) in [5.74, 6) is 0. The molecule has 3 heteroatoms. The van der Waals surface area contributed by atoms with Crippen molar-refractivity contribution in [3.05, 3.63) is 73.3 Å². The first-order valence-corrected chi connectivity index (χ1v) is 14.1. The monoisotopic (exact) mass is 438 g/mol. The maximum atomic E-state index is 6.73. The Balaban J connectivity index is 1.97. The van der Waals surface area contributed by atoms with Crippen LogP contribution < -0.4 is 10.4 Å². The predicted molar refractivity (Wildman–Crippen MR) is 136 cm³/mol. The summed E-state index contributed by atoms with van der Waals surface area (Å²) in [6, 6.07) is 21.2. The molecule has 0 atom stereocenters. The van der Waals surface area contributed by atoms with Gasteiger partial charge in [-0.05, 0) is 29.6 Å². The van der Waals surface area contributed by atoms with Gasteiger partial charge in [0.15, 0.2) is 0 Å². The molecule has 0 N–H and O–H groups in total. The minimum atomic E-state index is -2.72. The molecule has 0 bridgehead atoms. The van der Waals surface area contributed by atoms with Crippen LogP contribution in [-0.2, 0) is 8.85 Å². The molecule has 0 aliphatic rings. The van der Waals surface area contributed by atoms with Crippen LogP contribution in [0.3, 0.4) is 0 Å². The van der Waals surface area contributed by atoms with E-state index < -0.39 is 8.56 Å². The molecule has 0 fully saturated rings.